The predicted octanol–water partition coefficient (Wildman–Crippen LogP) is 3.15. The first-order valence-electron chi connectivity index (χ1n) is 10.1. The molecule has 5 atom stereocenters. The van der Waals surface area contributed by atoms with Gasteiger partial charge in [0.25, 0.3) is 0 Å². The van der Waals surface area contributed by atoms with Crippen molar-refractivity contribution < 1.29 is 24.9 Å². The third-order valence-electron chi connectivity index (χ3n) is 5.43. The number of hydrogen-bond donors (Lipinski definition) is 3. The molecule has 0 bridgehead atoms. The molecule has 1 aromatic heterocycles. The van der Waals surface area contributed by atoms with E-state index >= 15 is 0 Å². The molecule has 1 aliphatic rings. The summed E-state index contributed by atoms with van der Waals surface area (Å²) in [6.07, 6.45) is 9.95. The Balaban J connectivity index is 1.86. The average Bonchev–Trinajstić information content (AvgIpc) is 3.23. The number of thiophene rings is 1. The fourth-order valence-corrected chi connectivity index (χ4v) is 4.82. The third-order valence-corrected chi connectivity index (χ3v) is 6.49. The van der Waals surface area contributed by atoms with Gasteiger partial charge in [0.05, 0.1) is 26.7 Å². The molecule has 0 aromatic carbocycles. The highest BCUT2D eigenvalue weighted by atomic mass is 32.1. The van der Waals surface area contributed by atoms with E-state index in [0.717, 1.165) is 6.42 Å². The minimum absolute atomic E-state index is 0.0302. The Morgan fingerprint density at radius 2 is 2.21 bits per heavy atom. The zero-order chi connectivity index (χ0) is 21.2. The van der Waals surface area contributed by atoms with Gasteiger partial charge < -0.3 is 20.1 Å². The molecule has 29 heavy (non-hydrogen) atoms. The standard InChI is InChI=1S/C22H31BO5S/c1-15-5-8-18(29-15)9-6-17(24)7-10-19-16(13-23)12-21(25)20(19)4-2-3-11-28-14-22(26)27/h2-3,5,7-8,10,16-17,19-21,24-25H,4,6,9,11-14H2,1H3,(H,26,27)/b3-2-,10-7+/t16-,17-,19-,20+,21?/m0/s1. The number of carbonyl (C=O) groups is 1. The molecular formula is C22H31BO5S. The second-order valence-electron chi connectivity index (χ2n) is 7.66. The van der Waals surface area contributed by atoms with E-state index in [1.165, 1.54) is 9.75 Å². The van der Waals surface area contributed by atoms with Gasteiger partial charge in [-0.25, -0.2) is 4.79 Å². The number of aliphatic carboxylic acids is 1. The van der Waals surface area contributed by atoms with Crippen molar-refractivity contribution in [3.05, 3.63) is 46.2 Å². The van der Waals surface area contributed by atoms with Crippen molar-refractivity contribution in [3.63, 3.8) is 0 Å². The predicted molar refractivity (Wildman–Crippen MR) is 116 cm³/mol. The number of aryl methyl sites for hydroxylation is 2. The van der Waals surface area contributed by atoms with Crippen LogP contribution in [0.3, 0.4) is 0 Å². The van der Waals surface area contributed by atoms with Gasteiger partial charge in [-0.15, -0.1) is 11.3 Å². The molecule has 0 aliphatic heterocycles. The molecule has 1 fully saturated rings. The van der Waals surface area contributed by atoms with E-state index in [9.17, 15) is 15.0 Å². The smallest absolute Gasteiger partial charge is 0.329 e. The monoisotopic (exact) mass is 418 g/mol. The summed E-state index contributed by atoms with van der Waals surface area (Å²) in [5, 5.41) is 29.4. The van der Waals surface area contributed by atoms with Gasteiger partial charge in [0.2, 0.25) is 0 Å². The van der Waals surface area contributed by atoms with Gasteiger partial charge in [0.1, 0.15) is 6.61 Å². The number of allylic oxidation sites excluding steroid dienone is 2. The van der Waals surface area contributed by atoms with E-state index in [1.807, 2.05) is 18.2 Å². The minimum atomic E-state index is -0.992. The summed E-state index contributed by atoms with van der Waals surface area (Å²) in [6.45, 7) is 1.99. The molecule has 2 radical (unpaired) electrons. The Kier molecular flexibility index (Phi) is 10.1. The second kappa shape index (κ2) is 12.3. The van der Waals surface area contributed by atoms with Crippen molar-refractivity contribution in [1.29, 1.82) is 0 Å². The van der Waals surface area contributed by atoms with Crippen LogP contribution in [0.4, 0.5) is 0 Å². The molecule has 158 valence electrons. The van der Waals surface area contributed by atoms with Crippen LogP contribution >= 0.6 is 11.3 Å². The van der Waals surface area contributed by atoms with E-state index < -0.39 is 18.2 Å². The number of ether oxygens (including phenoxy) is 1. The van der Waals surface area contributed by atoms with E-state index in [2.05, 4.69) is 19.1 Å². The van der Waals surface area contributed by atoms with Crippen LogP contribution in [0.5, 0.6) is 0 Å². The summed E-state index contributed by atoms with van der Waals surface area (Å²) in [4.78, 5) is 13.0. The quantitative estimate of drug-likeness (QED) is 0.276. The summed E-state index contributed by atoms with van der Waals surface area (Å²) in [6, 6.07) is 4.20. The van der Waals surface area contributed by atoms with Gasteiger partial charge in [-0.05, 0) is 62.5 Å². The molecule has 0 spiro atoms. The fraction of sp³-hybridized carbons (Fsp3) is 0.591. The Bertz CT molecular complexity index is 686. The molecule has 1 heterocycles. The summed E-state index contributed by atoms with van der Waals surface area (Å²) >= 11 is 1.76. The van der Waals surface area contributed by atoms with E-state index in [4.69, 9.17) is 17.7 Å². The lowest BCUT2D eigenvalue weighted by atomic mass is 9.80. The highest BCUT2D eigenvalue weighted by Gasteiger charge is 2.39. The molecule has 0 saturated heterocycles. The van der Waals surface area contributed by atoms with Crippen LogP contribution in [-0.4, -0.2) is 54.6 Å². The Morgan fingerprint density at radius 3 is 2.86 bits per heavy atom. The maximum Gasteiger partial charge on any atom is 0.329 e. The Labute approximate surface area is 178 Å². The number of carboxylic acid groups (broad SMARTS) is 1. The van der Waals surface area contributed by atoms with Gasteiger partial charge >= 0.3 is 5.97 Å². The van der Waals surface area contributed by atoms with Gasteiger partial charge in [-0.2, -0.15) is 0 Å². The van der Waals surface area contributed by atoms with E-state index in [-0.39, 0.29) is 31.0 Å². The lowest BCUT2D eigenvalue weighted by molar-refractivity contribution is -0.141. The van der Waals surface area contributed by atoms with Crippen molar-refractivity contribution in [2.45, 2.75) is 51.1 Å². The first kappa shape index (κ1) is 23.9. The van der Waals surface area contributed by atoms with Crippen molar-refractivity contribution in [3.8, 4) is 0 Å². The van der Waals surface area contributed by atoms with Gasteiger partial charge in [-0.3, -0.25) is 0 Å². The maximum atomic E-state index is 10.5. The van der Waals surface area contributed by atoms with Crippen molar-refractivity contribution in [1.82, 2.24) is 0 Å². The average molecular weight is 418 g/mol. The first-order valence-corrected chi connectivity index (χ1v) is 11.0. The number of aliphatic hydroxyl groups excluding tert-OH is 2. The van der Waals surface area contributed by atoms with Gasteiger partial charge in [0.15, 0.2) is 0 Å². The minimum Gasteiger partial charge on any atom is -0.480 e. The molecule has 1 saturated carbocycles. The summed E-state index contributed by atoms with van der Waals surface area (Å²) < 4.78 is 4.98. The van der Waals surface area contributed by atoms with Crippen molar-refractivity contribution in [2.75, 3.05) is 13.2 Å². The summed E-state index contributed by atoms with van der Waals surface area (Å²) in [5.74, 6) is -0.663. The normalized spacial score (nSPS) is 25.9. The zero-order valence-corrected chi connectivity index (χ0v) is 17.8. The van der Waals surface area contributed by atoms with Gasteiger partial charge in [0, 0.05) is 9.75 Å². The van der Waals surface area contributed by atoms with Crippen LogP contribution in [0, 0.1) is 24.7 Å². The van der Waals surface area contributed by atoms with Crippen LogP contribution in [0.2, 0.25) is 6.32 Å². The molecule has 2 rings (SSSR count). The van der Waals surface area contributed by atoms with Crippen LogP contribution in [0.15, 0.2) is 36.4 Å². The SMILES string of the molecule is [B]C[C@@H]1CC(O)[C@H](C/C=C\COCC(=O)O)[C@H]1/C=C/[C@@H](O)CCc1ccc(C)s1. The lowest BCUT2D eigenvalue weighted by Gasteiger charge is -2.21. The van der Waals surface area contributed by atoms with Crippen LogP contribution in [0.1, 0.15) is 29.0 Å². The Morgan fingerprint density at radius 1 is 1.41 bits per heavy atom. The molecule has 7 heteroatoms. The highest BCUT2D eigenvalue weighted by Crippen LogP contribution is 2.42. The largest absolute Gasteiger partial charge is 0.480 e. The molecule has 0 amide bonds. The number of rotatable bonds is 12. The summed E-state index contributed by atoms with van der Waals surface area (Å²) in [5.41, 5.74) is 0. The number of aliphatic hydroxyl groups is 2. The molecule has 1 aliphatic carbocycles. The van der Waals surface area contributed by atoms with Crippen LogP contribution < -0.4 is 0 Å². The molecule has 5 nitrogen and oxygen atoms in total. The third kappa shape index (κ3) is 8.09. The van der Waals surface area contributed by atoms with E-state index in [1.54, 1.807) is 17.4 Å². The van der Waals surface area contributed by atoms with Crippen molar-refractivity contribution in [2.24, 2.45) is 17.8 Å². The summed E-state index contributed by atoms with van der Waals surface area (Å²) in [7, 11) is 5.91. The zero-order valence-electron chi connectivity index (χ0n) is 16.9. The fourth-order valence-electron chi connectivity index (χ4n) is 3.91. The van der Waals surface area contributed by atoms with Crippen LogP contribution in [-0.2, 0) is 16.0 Å². The molecule has 1 aromatic rings. The number of carboxylic acids is 1. The molecular weight excluding hydrogens is 387 g/mol. The van der Waals surface area contributed by atoms with Crippen LogP contribution in [0.25, 0.3) is 0 Å². The molecule has 1 unspecified atom stereocenters. The van der Waals surface area contributed by atoms with Gasteiger partial charge in [-0.1, -0.05) is 30.6 Å². The highest BCUT2D eigenvalue weighted by molar-refractivity contribution is 7.11. The van der Waals surface area contributed by atoms with Crippen molar-refractivity contribution >= 4 is 25.2 Å². The molecule has 3 N–H and O–H groups in total. The second-order valence-corrected chi connectivity index (χ2v) is 9.03. The topological polar surface area (TPSA) is 87.0 Å². The number of hydrogen-bond acceptors (Lipinski definition) is 5. The maximum absolute atomic E-state index is 10.5. The Hall–Kier alpha value is -1.41. The lowest BCUT2D eigenvalue weighted by Crippen LogP contribution is -2.19. The first-order chi connectivity index (χ1) is 13.9. The van der Waals surface area contributed by atoms with E-state index in [0.29, 0.717) is 25.6 Å².